The van der Waals surface area contributed by atoms with E-state index in [1.54, 1.807) is 24.3 Å². The summed E-state index contributed by atoms with van der Waals surface area (Å²) in [7, 11) is 0. The van der Waals surface area contributed by atoms with Gasteiger partial charge in [-0.05, 0) is 43.7 Å². The van der Waals surface area contributed by atoms with Crippen molar-refractivity contribution in [3.05, 3.63) is 60.2 Å². The van der Waals surface area contributed by atoms with Gasteiger partial charge >= 0.3 is 0 Å². The Morgan fingerprint density at radius 2 is 1.64 bits per heavy atom. The highest BCUT2D eigenvalue weighted by Gasteiger charge is 2.18. The second kappa shape index (κ2) is 7.82. The number of benzene rings is 2. The van der Waals surface area contributed by atoms with Crippen molar-refractivity contribution in [3.8, 4) is 11.5 Å². The first-order chi connectivity index (χ1) is 10.6. The predicted molar refractivity (Wildman–Crippen MR) is 87.1 cm³/mol. The van der Waals surface area contributed by atoms with Gasteiger partial charge in [0.05, 0.1) is 6.10 Å². The maximum atomic E-state index is 10.3. The summed E-state index contributed by atoms with van der Waals surface area (Å²) in [4.78, 5) is 0. The van der Waals surface area contributed by atoms with Crippen molar-refractivity contribution in [3.63, 3.8) is 0 Å². The molecule has 3 N–H and O–H groups in total. The van der Waals surface area contributed by atoms with E-state index in [0.717, 1.165) is 11.3 Å². The lowest BCUT2D eigenvalue weighted by molar-refractivity contribution is 0.124. The number of phenolic OH excluding ortho intramolecular Hbond substituents is 1. The van der Waals surface area contributed by atoms with Crippen LogP contribution >= 0.6 is 0 Å². The Balaban J connectivity index is 1.82. The molecule has 0 bridgehead atoms. The molecule has 4 nitrogen and oxygen atoms in total. The second-order valence-corrected chi connectivity index (χ2v) is 5.52. The van der Waals surface area contributed by atoms with E-state index in [4.69, 9.17) is 4.74 Å². The SMILES string of the molecule is C[C@@H](COc1ccccc1)N[C@H](C)[C@@H](O)c1ccc(O)cc1. The normalized spacial score (nSPS) is 15.0. The third kappa shape index (κ3) is 4.76. The predicted octanol–water partition coefficient (Wildman–Crippen LogP) is 2.87. The first-order valence-electron chi connectivity index (χ1n) is 7.47. The average molecular weight is 301 g/mol. The number of rotatable bonds is 7. The highest BCUT2D eigenvalue weighted by Crippen LogP contribution is 2.20. The molecule has 2 aromatic carbocycles. The van der Waals surface area contributed by atoms with Crippen LogP contribution in [0, 0.1) is 0 Å². The lowest BCUT2D eigenvalue weighted by atomic mass is 10.0. The number of hydrogen-bond donors (Lipinski definition) is 3. The van der Waals surface area contributed by atoms with E-state index in [0.29, 0.717) is 6.61 Å². The van der Waals surface area contributed by atoms with Crippen LogP contribution in [0.25, 0.3) is 0 Å². The first-order valence-corrected chi connectivity index (χ1v) is 7.47. The fourth-order valence-electron chi connectivity index (χ4n) is 2.29. The number of aliphatic hydroxyl groups excluding tert-OH is 1. The molecule has 0 aromatic heterocycles. The van der Waals surface area contributed by atoms with Crippen LogP contribution in [-0.4, -0.2) is 28.9 Å². The van der Waals surface area contributed by atoms with Crippen LogP contribution in [0.3, 0.4) is 0 Å². The van der Waals surface area contributed by atoms with E-state index in [2.05, 4.69) is 5.32 Å². The van der Waals surface area contributed by atoms with Crippen LogP contribution in [-0.2, 0) is 0 Å². The van der Waals surface area contributed by atoms with Gasteiger partial charge in [-0.3, -0.25) is 0 Å². The minimum atomic E-state index is -0.639. The van der Waals surface area contributed by atoms with Crippen LogP contribution in [0.5, 0.6) is 11.5 Å². The van der Waals surface area contributed by atoms with Gasteiger partial charge in [0.2, 0.25) is 0 Å². The molecule has 118 valence electrons. The molecule has 0 saturated heterocycles. The van der Waals surface area contributed by atoms with Crippen LogP contribution in [0.15, 0.2) is 54.6 Å². The maximum absolute atomic E-state index is 10.3. The largest absolute Gasteiger partial charge is 0.508 e. The van der Waals surface area contributed by atoms with Gasteiger partial charge in [0.15, 0.2) is 0 Å². The fraction of sp³-hybridized carbons (Fsp3) is 0.333. The van der Waals surface area contributed by atoms with E-state index in [1.807, 2.05) is 44.2 Å². The number of para-hydroxylation sites is 1. The summed E-state index contributed by atoms with van der Waals surface area (Å²) >= 11 is 0. The summed E-state index contributed by atoms with van der Waals surface area (Å²) in [6.45, 7) is 4.47. The van der Waals surface area contributed by atoms with Gasteiger partial charge in [0, 0.05) is 12.1 Å². The van der Waals surface area contributed by atoms with Gasteiger partial charge in [-0.2, -0.15) is 0 Å². The third-order valence-corrected chi connectivity index (χ3v) is 3.50. The van der Waals surface area contributed by atoms with Gasteiger partial charge in [0.1, 0.15) is 18.1 Å². The number of aliphatic hydroxyl groups is 1. The number of ether oxygens (including phenoxy) is 1. The van der Waals surface area contributed by atoms with Gasteiger partial charge in [-0.15, -0.1) is 0 Å². The van der Waals surface area contributed by atoms with Gasteiger partial charge < -0.3 is 20.3 Å². The van der Waals surface area contributed by atoms with Crippen molar-refractivity contribution >= 4 is 0 Å². The van der Waals surface area contributed by atoms with Crippen LogP contribution < -0.4 is 10.1 Å². The number of nitrogens with one attached hydrogen (secondary N) is 1. The van der Waals surface area contributed by atoms with Crippen molar-refractivity contribution in [2.24, 2.45) is 0 Å². The molecule has 2 aromatic rings. The zero-order valence-corrected chi connectivity index (χ0v) is 12.9. The van der Waals surface area contributed by atoms with E-state index in [9.17, 15) is 10.2 Å². The fourth-order valence-corrected chi connectivity index (χ4v) is 2.29. The Kier molecular flexibility index (Phi) is 5.81. The molecule has 0 aliphatic heterocycles. The van der Waals surface area contributed by atoms with E-state index in [-0.39, 0.29) is 17.8 Å². The van der Waals surface area contributed by atoms with Crippen LogP contribution in [0.1, 0.15) is 25.5 Å². The summed E-state index contributed by atoms with van der Waals surface area (Å²) in [5, 5.41) is 22.9. The second-order valence-electron chi connectivity index (χ2n) is 5.52. The third-order valence-electron chi connectivity index (χ3n) is 3.50. The summed E-state index contributed by atoms with van der Waals surface area (Å²) in [6.07, 6.45) is -0.639. The van der Waals surface area contributed by atoms with Crippen molar-refractivity contribution in [2.75, 3.05) is 6.61 Å². The Bertz CT molecular complexity index is 556. The molecule has 3 atom stereocenters. The molecule has 0 saturated carbocycles. The summed E-state index contributed by atoms with van der Waals surface area (Å²) in [6, 6.07) is 16.2. The molecule has 4 heteroatoms. The highest BCUT2D eigenvalue weighted by atomic mass is 16.5. The van der Waals surface area contributed by atoms with Crippen molar-refractivity contribution < 1.29 is 14.9 Å². The van der Waals surface area contributed by atoms with E-state index < -0.39 is 6.10 Å². The molecule has 0 aliphatic rings. The van der Waals surface area contributed by atoms with E-state index >= 15 is 0 Å². The zero-order valence-electron chi connectivity index (χ0n) is 12.9. The standard InChI is InChI=1S/C18H23NO3/c1-13(12-22-17-6-4-3-5-7-17)19-14(2)18(21)15-8-10-16(20)11-9-15/h3-11,13-14,18-21H,12H2,1-2H3/t13-,14+,18+/m0/s1. The average Bonchev–Trinajstić information content (AvgIpc) is 2.54. The molecule has 0 amide bonds. The minimum absolute atomic E-state index is 0.0990. The molecule has 0 heterocycles. The molecule has 2 rings (SSSR count). The van der Waals surface area contributed by atoms with Crippen molar-refractivity contribution in [1.29, 1.82) is 0 Å². The first kappa shape index (κ1) is 16.3. The Morgan fingerprint density at radius 3 is 2.27 bits per heavy atom. The van der Waals surface area contributed by atoms with Crippen molar-refractivity contribution in [2.45, 2.75) is 32.0 Å². The summed E-state index contributed by atoms with van der Waals surface area (Å²) in [5.74, 6) is 1.03. The lowest BCUT2D eigenvalue weighted by Gasteiger charge is -2.25. The highest BCUT2D eigenvalue weighted by molar-refractivity contribution is 5.28. The molecule has 0 spiro atoms. The quantitative estimate of drug-likeness (QED) is 0.736. The molecule has 22 heavy (non-hydrogen) atoms. The molecule has 0 aliphatic carbocycles. The molecule has 0 radical (unpaired) electrons. The smallest absolute Gasteiger partial charge is 0.119 e. The van der Waals surface area contributed by atoms with Crippen LogP contribution in [0.4, 0.5) is 0 Å². The topological polar surface area (TPSA) is 61.7 Å². The monoisotopic (exact) mass is 301 g/mol. The number of phenols is 1. The number of aromatic hydroxyl groups is 1. The van der Waals surface area contributed by atoms with Crippen LogP contribution in [0.2, 0.25) is 0 Å². The summed E-state index contributed by atoms with van der Waals surface area (Å²) in [5.41, 5.74) is 0.772. The van der Waals surface area contributed by atoms with Crippen molar-refractivity contribution in [1.82, 2.24) is 5.32 Å². The summed E-state index contributed by atoms with van der Waals surface area (Å²) < 4.78 is 5.69. The van der Waals surface area contributed by atoms with Gasteiger partial charge in [-0.25, -0.2) is 0 Å². The number of hydrogen-bond acceptors (Lipinski definition) is 4. The Morgan fingerprint density at radius 1 is 1.00 bits per heavy atom. The van der Waals surface area contributed by atoms with Gasteiger partial charge in [0.25, 0.3) is 0 Å². The maximum Gasteiger partial charge on any atom is 0.119 e. The zero-order chi connectivity index (χ0) is 15.9. The van der Waals surface area contributed by atoms with E-state index in [1.165, 1.54) is 0 Å². The molecular formula is C18H23NO3. The lowest BCUT2D eigenvalue weighted by Crippen LogP contribution is -2.41. The van der Waals surface area contributed by atoms with Gasteiger partial charge in [-0.1, -0.05) is 30.3 Å². The molecular weight excluding hydrogens is 278 g/mol. The minimum Gasteiger partial charge on any atom is -0.508 e. The molecule has 0 unspecified atom stereocenters. The Labute approximate surface area is 131 Å². The Hall–Kier alpha value is -2.04. The molecule has 0 fully saturated rings.